The number of nitrogens with one attached hydrogen (secondary N) is 1. The molecule has 6 nitrogen and oxygen atoms in total. The van der Waals surface area contributed by atoms with Crippen molar-refractivity contribution in [2.24, 2.45) is 5.73 Å². The zero-order valence-corrected chi connectivity index (χ0v) is 9.66. The summed E-state index contributed by atoms with van der Waals surface area (Å²) in [4.78, 5) is 32.7. The van der Waals surface area contributed by atoms with Crippen molar-refractivity contribution in [1.82, 2.24) is 5.32 Å². The van der Waals surface area contributed by atoms with Gasteiger partial charge in [-0.1, -0.05) is 11.6 Å². The highest BCUT2D eigenvalue weighted by atomic mass is 35.5. The molecular formula is C10H8ClFN2O4. The Morgan fingerprint density at radius 2 is 2.06 bits per heavy atom. The number of hydrogen-bond donors (Lipinski definition) is 2. The number of benzene rings is 1. The summed E-state index contributed by atoms with van der Waals surface area (Å²) in [6.07, 6.45) is 0. The van der Waals surface area contributed by atoms with Crippen LogP contribution < -0.4 is 11.1 Å². The highest BCUT2D eigenvalue weighted by molar-refractivity contribution is 6.33. The minimum atomic E-state index is -1.06. The summed E-state index contributed by atoms with van der Waals surface area (Å²) >= 11 is 5.61. The molecule has 3 N–H and O–H groups in total. The Morgan fingerprint density at radius 1 is 1.39 bits per heavy atom. The molecule has 0 spiro atoms. The van der Waals surface area contributed by atoms with E-state index in [0.717, 1.165) is 18.2 Å². The van der Waals surface area contributed by atoms with Gasteiger partial charge in [0, 0.05) is 0 Å². The van der Waals surface area contributed by atoms with E-state index in [2.05, 4.69) is 10.5 Å². The van der Waals surface area contributed by atoms with Crippen molar-refractivity contribution in [3.05, 3.63) is 34.6 Å². The van der Waals surface area contributed by atoms with Gasteiger partial charge in [-0.2, -0.15) is 0 Å². The van der Waals surface area contributed by atoms with Crippen molar-refractivity contribution < 1.29 is 23.5 Å². The Labute approximate surface area is 106 Å². The number of ether oxygens (including phenoxy) is 1. The highest BCUT2D eigenvalue weighted by Gasteiger charge is 2.14. The molecule has 0 aromatic heterocycles. The Kier molecular flexibility index (Phi) is 4.61. The molecule has 0 saturated carbocycles. The van der Waals surface area contributed by atoms with Gasteiger partial charge in [0.05, 0.1) is 10.6 Å². The van der Waals surface area contributed by atoms with Gasteiger partial charge < -0.3 is 10.5 Å². The Balaban J connectivity index is 2.60. The largest absolute Gasteiger partial charge is 0.452 e. The average molecular weight is 275 g/mol. The van der Waals surface area contributed by atoms with Crippen LogP contribution in [0, 0.1) is 5.82 Å². The molecule has 0 aliphatic rings. The van der Waals surface area contributed by atoms with E-state index < -0.39 is 30.3 Å². The first-order chi connectivity index (χ1) is 8.40. The summed E-state index contributed by atoms with van der Waals surface area (Å²) in [6, 6.07) is 2.01. The number of primary amides is 1. The van der Waals surface area contributed by atoms with Gasteiger partial charge in [0.1, 0.15) is 5.82 Å². The van der Waals surface area contributed by atoms with E-state index >= 15 is 0 Å². The van der Waals surface area contributed by atoms with Crippen LogP contribution in [-0.4, -0.2) is 24.5 Å². The van der Waals surface area contributed by atoms with Crippen molar-refractivity contribution in [3.8, 4) is 0 Å². The number of amides is 3. The van der Waals surface area contributed by atoms with Crippen LogP contribution in [0.1, 0.15) is 10.4 Å². The molecule has 3 amide bonds. The van der Waals surface area contributed by atoms with Gasteiger partial charge in [-0.05, 0) is 18.2 Å². The first-order valence-corrected chi connectivity index (χ1v) is 4.99. The molecule has 0 unspecified atom stereocenters. The predicted octanol–water partition coefficient (Wildman–Crippen LogP) is 0.831. The van der Waals surface area contributed by atoms with Gasteiger partial charge in [-0.15, -0.1) is 0 Å². The molecule has 1 aromatic carbocycles. The molecule has 18 heavy (non-hydrogen) atoms. The molecule has 96 valence electrons. The Hall–Kier alpha value is -2.15. The molecule has 0 aliphatic heterocycles. The number of urea groups is 1. The molecule has 1 rings (SSSR count). The van der Waals surface area contributed by atoms with Gasteiger partial charge in [0.25, 0.3) is 5.91 Å². The van der Waals surface area contributed by atoms with Gasteiger partial charge in [-0.25, -0.2) is 14.0 Å². The molecule has 0 bridgehead atoms. The molecule has 0 saturated heterocycles. The molecule has 0 radical (unpaired) electrons. The fourth-order valence-corrected chi connectivity index (χ4v) is 1.28. The summed E-state index contributed by atoms with van der Waals surface area (Å²) in [5.41, 5.74) is 4.58. The predicted molar refractivity (Wildman–Crippen MR) is 59.4 cm³/mol. The SMILES string of the molecule is NC(=O)NC(=O)COC(=O)c1ccc(F)cc1Cl. The van der Waals surface area contributed by atoms with E-state index in [9.17, 15) is 18.8 Å². The van der Waals surface area contributed by atoms with Crippen LogP contribution in [0.25, 0.3) is 0 Å². The summed E-state index contributed by atoms with van der Waals surface area (Å²) in [5, 5.41) is 1.56. The first-order valence-electron chi connectivity index (χ1n) is 4.61. The minimum Gasteiger partial charge on any atom is -0.452 e. The van der Waals surface area contributed by atoms with Gasteiger partial charge in [0.15, 0.2) is 6.61 Å². The normalized spacial score (nSPS) is 9.67. The molecule has 0 aliphatic carbocycles. The number of carbonyl (C=O) groups is 3. The zero-order chi connectivity index (χ0) is 13.7. The topological polar surface area (TPSA) is 98.5 Å². The lowest BCUT2D eigenvalue weighted by atomic mass is 10.2. The van der Waals surface area contributed by atoms with Crippen LogP contribution in [-0.2, 0) is 9.53 Å². The van der Waals surface area contributed by atoms with Crippen molar-refractivity contribution in [2.45, 2.75) is 0 Å². The minimum absolute atomic E-state index is 0.0926. The number of halogens is 2. The van der Waals surface area contributed by atoms with Crippen LogP contribution >= 0.6 is 11.6 Å². The van der Waals surface area contributed by atoms with E-state index in [1.807, 2.05) is 0 Å². The number of esters is 1. The average Bonchev–Trinajstić information content (AvgIpc) is 2.25. The number of rotatable bonds is 3. The lowest BCUT2D eigenvalue weighted by Crippen LogP contribution is -2.37. The van der Waals surface area contributed by atoms with Crippen molar-refractivity contribution in [1.29, 1.82) is 0 Å². The lowest BCUT2D eigenvalue weighted by molar-refractivity contribution is -0.123. The first kappa shape index (κ1) is 13.9. The maximum absolute atomic E-state index is 12.7. The summed E-state index contributed by atoms with van der Waals surface area (Å²) in [6.45, 7) is -0.699. The standard InChI is InChI=1S/C10H8ClFN2O4/c11-7-3-5(12)1-2-6(7)9(16)18-4-8(15)14-10(13)17/h1-3H,4H2,(H3,13,14,15,17). The van der Waals surface area contributed by atoms with Crippen molar-refractivity contribution in [2.75, 3.05) is 6.61 Å². The van der Waals surface area contributed by atoms with Crippen molar-refractivity contribution >= 4 is 29.5 Å². The van der Waals surface area contributed by atoms with E-state index in [1.165, 1.54) is 0 Å². The third-order valence-electron chi connectivity index (χ3n) is 1.75. The quantitative estimate of drug-likeness (QED) is 0.798. The maximum Gasteiger partial charge on any atom is 0.340 e. The second-order valence-electron chi connectivity index (χ2n) is 3.11. The second-order valence-corrected chi connectivity index (χ2v) is 3.52. The monoisotopic (exact) mass is 274 g/mol. The number of hydrogen-bond acceptors (Lipinski definition) is 4. The summed E-state index contributed by atoms with van der Waals surface area (Å²) in [5.74, 6) is -2.41. The van der Waals surface area contributed by atoms with Crippen LogP contribution in [0.15, 0.2) is 18.2 Å². The van der Waals surface area contributed by atoms with Crippen LogP contribution in [0.5, 0.6) is 0 Å². The van der Waals surface area contributed by atoms with E-state index in [1.54, 1.807) is 5.32 Å². The van der Waals surface area contributed by atoms with E-state index in [-0.39, 0.29) is 10.6 Å². The number of imide groups is 1. The molecule has 8 heteroatoms. The summed E-state index contributed by atoms with van der Waals surface area (Å²) in [7, 11) is 0. The van der Waals surface area contributed by atoms with Crippen LogP contribution in [0.4, 0.5) is 9.18 Å². The van der Waals surface area contributed by atoms with Crippen LogP contribution in [0.2, 0.25) is 5.02 Å². The number of nitrogens with two attached hydrogens (primary N) is 1. The zero-order valence-electron chi connectivity index (χ0n) is 8.91. The smallest absolute Gasteiger partial charge is 0.340 e. The molecule has 0 fully saturated rings. The van der Waals surface area contributed by atoms with Crippen LogP contribution in [0.3, 0.4) is 0 Å². The molecule has 1 aromatic rings. The van der Waals surface area contributed by atoms with Gasteiger partial charge in [-0.3, -0.25) is 10.1 Å². The van der Waals surface area contributed by atoms with Gasteiger partial charge in [0.2, 0.25) is 0 Å². The van der Waals surface area contributed by atoms with Crippen molar-refractivity contribution in [3.63, 3.8) is 0 Å². The summed E-state index contributed by atoms with van der Waals surface area (Å²) < 4.78 is 17.3. The van der Waals surface area contributed by atoms with Gasteiger partial charge >= 0.3 is 12.0 Å². The van der Waals surface area contributed by atoms with E-state index in [4.69, 9.17) is 11.6 Å². The Morgan fingerprint density at radius 3 is 2.61 bits per heavy atom. The molecule has 0 heterocycles. The third kappa shape index (κ3) is 4.02. The molecular weight excluding hydrogens is 267 g/mol. The lowest BCUT2D eigenvalue weighted by Gasteiger charge is -2.05. The fourth-order valence-electron chi connectivity index (χ4n) is 1.04. The van der Waals surface area contributed by atoms with E-state index in [0.29, 0.717) is 0 Å². The maximum atomic E-state index is 12.7. The number of carbonyl (C=O) groups excluding carboxylic acids is 3. The fraction of sp³-hybridized carbons (Fsp3) is 0.100. The third-order valence-corrected chi connectivity index (χ3v) is 2.06. The Bertz CT molecular complexity index is 507. The second kappa shape index (κ2) is 5.97. The highest BCUT2D eigenvalue weighted by Crippen LogP contribution is 2.17. The molecule has 0 atom stereocenters.